The molecule has 162 valence electrons. The van der Waals surface area contributed by atoms with Gasteiger partial charge in [0, 0.05) is 44.0 Å². The van der Waals surface area contributed by atoms with Crippen LogP contribution in [0.15, 0.2) is 39.7 Å². The van der Waals surface area contributed by atoms with E-state index in [0.29, 0.717) is 19.6 Å². The number of fused-ring (bicyclic) bond motifs is 1. The van der Waals surface area contributed by atoms with Crippen LogP contribution in [0, 0.1) is 0 Å². The minimum absolute atomic E-state index is 0. The lowest BCUT2D eigenvalue weighted by atomic mass is 10.1. The van der Waals surface area contributed by atoms with Gasteiger partial charge in [-0.3, -0.25) is 4.99 Å². The molecule has 1 saturated heterocycles. The molecule has 7 nitrogen and oxygen atoms in total. The average molecular weight is 534 g/mol. The van der Waals surface area contributed by atoms with E-state index < -0.39 is 10.0 Å². The average Bonchev–Trinajstić information content (AvgIpc) is 3.11. The molecule has 1 aliphatic heterocycles. The third-order valence-corrected chi connectivity index (χ3v) is 6.88. The molecule has 2 heterocycles. The summed E-state index contributed by atoms with van der Waals surface area (Å²) < 4.78 is 31.4. The Morgan fingerprint density at radius 2 is 1.97 bits per heavy atom. The minimum atomic E-state index is -3.09. The van der Waals surface area contributed by atoms with Gasteiger partial charge in [0.2, 0.25) is 10.0 Å². The lowest BCUT2D eigenvalue weighted by molar-refractivity contribution is 0.306. The largest absolute Gasteiger partial charge is 0.461 e. The maximum atomic E-state index is 12.0. The quantitative estimate of drug-likeness (QED) is 0.324. The van der Waals surface area contributed by atoms with Gasteiger partial charge in [-0.05, 0) is 38.8 Å². The number of hydrogen-bond donors (Lipinski definition) is 2. The fraction of sp³-hybridized carbons (Fsp3) is 0.550. The fourth-order valence-corrected chi connectivity index (χ4v) is 4.54. The van der Waals surface area contributed by atoms with Gasteiger partial charge in [0.1, 0.15) is 11.3 Å². The van der Waals surface area contributed by atoms with Gasteiger partial charge in [-0.25, -0.2) is 12.7 Å². The monoisotopic (exact) mass is 534 g/mol. The van der Waals surface area contributed by atoms with Crippen LogP contribution in [0.25, 0.3) is 11.0 Å². The molecule has 0 spiro atoms. The van der Waals surface area contributed by atoms with Crippen LogP contribution in [0.2, 0.25) is 0 Å². The van der Waals surface area contributed by atoms with Crippen molar-refractivity contribution in [3.8, 4) is 0 Å². The predicted octanol–water partition coefficient (Wildman–Crippen LogP) is 2.96. The van der Waals surface area contributed by atoms with Crippen LogP contribution < -0.4 is 10.6 Å². The molecular formula is C20H31IN4O3S. The SMILES string of the molecule is CCNC(=NCCc1cc2ccccc2o1)NC1CCN(S(=O)(=O)CC)CC1.I. The highest BCUT2D eigenvalue weighted by Gasteiger charge is 2.26. The fourth-order valence-electron chi connectivity index (χ4n) is 3.41. The molecule has 29 heavy (non-hydrogen) atoms. The second kappa shape index (κ2) is 11.2. The highest BCUT2D eigenvalue weighted by molar-refractivity contribution is 14.0. The van der Waals surface area contributed by atoms with Gasteiger partial charge in [-0.1, -0.05) is 18.2 Å². The van der Waals surface area contributed by atoms with Crippen LogP contribution in [0.1, 0.15) is 32.4 Å². The summed E-state index contributed by atoms with van der Waals surface area (Å²) in [5.74, 6) is 1.87. The van der Waals surface area contributed by atoms with E-state index >= 15 is 0 Å². The van der Waals surface area contributed by atoms with Crippen LogP contribution in [-0.4, -0.2) is 56.7 Å². The van der Waals surface area contributed by atoms with Gasteiger partial charge < -0.3 is 15.1 Å². The Bertz CT molecular complexity index is 872. The summed E-state index contributed by atoms with van der Waals surface area (Å²) in [7, 11) is -3.09. The maximum Gasteiger partial charge on any atom is 0.213 e. The summed E-state index contributed by atoms with van der Waals surface area (Å²) in [6.07, 6.45) is 2.30. The molecule has 3 rings (SSSR count). The number of guanidine groups is 1. The number of hydrogen-bond acceptors (Lipinski definition) is 4. The maximum absolute atomic E-state index is 12.0. The highest BCUT2D eigenvalue weighted by atomic mass is 127. The Morgan fingerprint density at radius 3 is 2.62 bits per heavy atom. The lowest BCUT2D eigenvalue weighted by Crippen LogP contribution is -2.50. The topological polar surface area (TPSA) is 86.9 Å². The number of sulfonamides is 1. The van der Waals surface area contributed by atoms with Crippen molar-refractivity contribution >= 4 is 50.9 Å². The first kappa shape index (κ1) is 23.9. The number of rotatable bonds is 7. The predicted molar refractivity (Wildman–Crippen MR) is 129 cm³/mol. The van der Waals surface area contributed by atoms with Crippen molar-refractivity contribution in [3.63, 3.8) is 0 Å². The van der Waals surface area contributed by atoms with Gasteiger partial charge >= 0.3 is 0 Å². The van der Waals surface area contributed by atoms with Gasteiger partial charge in [0.25, 0.3) is 0 Å². The Balaban J connectivity index is 0.00000300. The molecule has 1 aromatic heterocycles. The van der Waals surface area contributed by atoms with Crippen LogP contribution in [-0.2, 0) is 16.4 Å². The summed E-state index contributed by atoms with van der Waals surface area (Å²) in [5, 5.41) is 7.83. The molecule has 0 saturated carbocycles. The number of aliphatic imine (C=N–C) groups is 1. The van der Waals surface area contributed by atoms with E-state index in [-0.39, 0.29) is 35.8 Å². The smallest absolute Gasteiger partial charge is 0.213 e. The standard InChI is InChI=1S/C20H30N4O3S.HI/c1-3-21-20(23-17-10-13-24(14-11-17)28(25,26)4-2)22-12-9-18-15-16-7-5-6-8-19(16)27-18;/h5-8,15,17H,3-4,9-14H2,1-2H3,(H2,21,22,23);1H. The highest BCUT2D eigenvalue weighted by Crippen LogP contribution is 2.19. The van der Waals surface area contributed by atoms with Gasteiger partial charge in [0.05, 0.1) is 5.75 Å². The Labute approximate surface area is 190 Å². The molecule has 9 heteroatoms. The van der Waals surface area contributed by atoms with E-state index in [1.165, 1.54) is 0 Å². The first-order chi connectivity index (χ1) is 13.5. The molecule has 0 aliphatic carbocycles. The van der Waals surface area contributed by atoms with Crippen LogP contribution >= 0.6 is 24.0 Å². The molecule has 0 unspecified atom stereocenters. The number of halogens is 1. The van der Waals surface area contributed by atoms with E-state index in [1.54, 1.807) is 11.2 Å². The zero-order valence-corrected chi connectivity index (χ0v) is 20.2. The van der Waals surface area contributed by atoms with Crippen molar-refractivity contribution in [3.05, 3.63) is 36.1 Å². The van der Waals surface area contributed by atoms with E-state index in [9.17, 15) is 8.42 Å². The van der Waals surface area contributed by atoms with E-state index in [1.807, 2.05) is 31.2 Å². The Morgan fingerprint density at radius 1 is 1.24 bits per heavy atom. The summed E-state index contributed by atoms with van der Waals surface area (Å²) in [4.78, 5) is 4.66. The molecule has 1 aromatic carbocycles. The van der Waals surface area contributed by atoms with E-state index in [4.69, 9.17) is 4.42 Å². The van der Waals surface area contributed by atoms with Gasteiger partial charge in [0.15, 0.2) is 5.96 Å². The molecular weight excluding hydrogens is 503 g/mol. The van der Waals surface area contributed by atoms with E-state index in [2.05, 4.69) is 21.7 Å². The van der Waals surface area contributed by atoms with Gasteiger partial charge in [-0.2, -0.15) is 0 Å². The minimum Gasteiger partial charge on any atom is -0.461 e. The van der Waals surface area contributed by atoms with Crippen LogP contribution in [0.4, 0.5) is 0 Å². The number of nitrogens with zero attached hydrogens (tertiary/aromatic N) is 2. The molecule has 1 fully saturated rings. The van der Waals surface area contributed by atoms with Crippen molar-refractivity contribution in [1.29, 1.82) is 0 Å². The number of furan rings is 1. The van der Waals surface area contributed by atoms with Crippen molar-refractivity contribution < 1.29 is 12.8 Å². The molecule has 1 aliphatic rings. The molecule has 2 N–H and O–H groups in total. The van der Waals surface area contributed by atoms with Crippen LogP contribution in [0.3, 0.4) is 0 Å². The first-order valence-electron chi connectivity index (χ1n) is 10.0. The number of benzene rings is 1. The molecule has 0 radical (unpaired) electrons. The third-order valence-electron chi connectivity index (χ3n) is 5.00. The second-order valence-electron chi connectivity index (χ2n) is 6.98. The summed E-state index contributed by atoms with van der Waals surface area (Å²) in [5.41, 5.74) is 0.903. The normalized spacial score (nSPS) is 16.6. The van der Waals surface area contributed by atoms with Gasteiger partial charge in [-0.15, -0.1) is 24.0 Å². The lowest BCUT2D eigenvalue weighted by Gasteiger charge is -2.32. The number of piperidine rings is 1. The molecule has 0 amide bonds. The summed E-state index contributed by atoms with van der Waals surface area (Å²) >= 11 is 0. The third kappa shape index (κ3) is 6.58. The zero-order chi connectivity index (χ0) is 20.0. The number of para-hydroxylation sites is 1. The summed E-state index contributed by atoms with van der Waals surface area (Å²) in [6, 6.07) is 10.3. The van der Waals surface area contributed by atoms with Crippen LogP contribution in [0.5, 0.6) is 0 Å². The second-order valence-corrected chi connectivity index (χ2v) is 9.24. The van der Waals surface area contributed by atoms with Crippen molar-refractivity contribution in [2.45, 2.75) is 39.2 Å². The summed E-state index contributed by atoms with van der Waals surface area (Å²) in [6.45, 7) is 6.25. The Hall–Kier alpha value is -1.33. The Kier molecular flexibility index (Phi) is 9.22. The molecule has 0 atom stereocenters. The number of nitrogens with one attached hydrogen (secondary N) is 2. The molecule has 0 bridgehead atoms. The van der Waals surface area contributed by atoms with Crippen molar-refractivity contribution in [1.82, 2.24) is 14.9 Å². The molecule has 2 aromatic rings. The first-order valence-corrected chi connectivity index (χ1v) is 11.6. The van der Waals surface area contributed by atoms with E-state index in [0.717, 1.165) is 48.5 Å². The van der Waals surface area contributed by atoms with Crippen molar-refractivity contribution in [2.24, 2.45) is 4.99 Å². The van der Waals surface area contributed by atoms with Crippen molar-refractivity contribution in [2.75, 3.05) is 31.9 Å². The zero-order valence-electron chi connectivity index (χ0n) is 17.1.